The van der Waals surface area contributed by atoms with Crippen LogP contribution in [0.2, 0.25) is 0 Å². The topological polar surface area (TPSA) is 15.3 Å². The Labute approximate surface area is 120 Å². The highest BCUT2D eigenvalue weighted by Crippen LogP contribution is 2.26. The third-order valence-corrected chi connectivity index (χ3v) is 4.27. The molecule has 0 atom stereocenters. The van der Waals surface area contributed by atoms with Crippen LogP contribution >= 0.6 is 11.3 Å². The van der Waals surface area contributed by atoms with E-state index in [-0.39, 0.29) is 0 Å². The Balaban J connectivity index is 1.89. The maximum absolute atomic E-state index is 3.45. The van der Waals surface area contributed by atoms with E-state index in [2.05, 4.69) is 55.4 Å². The molecule has 0 aliphatic carbocycles. The van der Waals surface area contributed by atoms with E-state index in [1.807, 2.05) is 11.3 Å². The fourth-order valence-corrected chi connectivity index (χ4v) is 3.26. The summed E-state index contributed by atoms with van der Waals surface area (Å²) in [6, 6.07) is 9.10. The Morgan fingerprint density at radius 1 is 1.21 bits per heavy atom. The molecule has 1 aromatic carbocycles. The van der Waals surface area contributed by atoms with Gasteiger partial charge in [-0.1, -0.05) is 19.1 Å². The van der Waals surface area contributed by atoms with Gasteiger partial charge < -0.3 is 10.2 Å². The van der Waals surface area contributed by atoms with E-state index in [4.69, 9.17) is 0 Å². The van der Waals surface area contributed by atoms with Crippen LogP contribution in [0, 0.1) is 6.92 Å². The normalized spacial score (nSPS) is 11.6. The van der Waals surface area contributed by atoms with E-state index in [0.29, 0.717) is 0 Å². The molecule has 1 aromatic heterocycles. The molecule has 0 aliphatic heterocycles. The van der Waals surface area contributed by atoms with Crippen molar-refractivity contribution in [2.24, 2.45) is 0 Å². The molecule has 0 saturated carbocycles. The Morgan fingerprint density at radius 3 is 2.84 bits per heavy atom. The van der Waals surface area contributed by atoms with Crippen molar-refractivity contribution in [3.63, 3.8) is 0 Å². The summed E-state index contributed by atoms with van der Waals surface area (Å²) in [5.74, 6) is 0. The van der Waals surface area contributed by atoms with Gasteiger partial charge in [0.15, 0.2) is 0 Å². The van der Waals surface area contributed by atoms with Crippen LogP contribution in [-0.2, 0) is 6.54 Å². The molecule has 2 rings (SSSR count). The summed E-state index contributed by atoms with van der Waals surface area (Å²) >= 11 is 1.89. The van der Waals surface area contributed by atoms with Gasteiger partial charge in [-0.05, 0) is 50.0 Å². The van der Waals surface area contributed by atoms with Gasteiger partial charge in [-0.25, -0.2) is 0 Å². The average molecular weight is 276 g/mol. The van der Waals surface area contributed by atoms with E-state index >= 15 is 0 Å². The van der Waals surface area contributed by atoms with Crippen molar-refractivity contribution in [1.82, 2.24) is 10.2 Å². The van der Waals surface area contributed by atoms with E-state index in [0.717, 1.165) is 26.2 Å². The lowest BCUT2D eigenvalue weighted by atomic mass is 10.1. The van der Waals surface area contributed by atoms with Gasteiger partial charge >= 0.3 is 0 Å². The summed E-state index contributed by atoms with van der Waals surface area (Å²) in [4.78, 5) is 3.77. The smallest absolute Gasteiger partial charge is 0.0348 e. The lowest BCUT2D eigenvalue weighted by molar-refractivity contribution is 0.325. The van der Waals surface area contributed by atoms with Gasteiger partial charge in [0.05, 0.1) is 0 Å². The molecule has 0 bridgehead atoms. The van der Waals surface area contributed by atoms with Crippen LogP contribution in [0.5, 0.6) is 0 Å². The number of rotatable bonds is 7. The monoisotopic (exact) mass is 276 g/mol. The molecule has 3 heteroatoms. The summed E-state index contributed by atoms with van der Waals surface area (Å²) in [6.45, 7) is 8.70. The molecular weight excluding hydrogens is 252 g/mol. The molecule has 0 spiro atoms. The summed E-state index contributed by atoms with van der Waals surface area (Å²) in [7, 11) is 2.19. The number of fused-ring (bicyclic) bond motifs is 1. The molecule has 0 fully saturated rings. The van der Waals surface area contributed by atoms with Crippen LogP contribution in [0.25, 0.3) is 10.1 Å². The minimum absolute atomic E-state index is 1.03. The lowest BCUT2D eigenvalue weighted by Crippen LogP contribution is -2.29. The van der Waals surface area contributed by atoms with Crippen LogP contribution in [0.4, 0.5) is 0 Å². The largest absolute Gasteiger partial charge is 0.315 e. The van der Waals surface area contributed by atoms with Crippen molar-refractivity contribution in [3.05, 3.63) is 34.7 Å². The molecule has 0 saturated heterocycles. The van der Waals surface area contributed by atoms with E-state index in [9.17, 15) is 0 Å². The molecule has 0 amide bonds. The number of benzene rings is 1. The first kappa shape index (κ1) is 14.5. The fraction of sp³-hybridized carbons (Fsp3) is 0.500. The molecule has 0 radical (unpaired) electrons. The number of nitrogens with one attached hydrogen (secondary N) is 1. The maximum Gasteiger partial charge on any atom is 0.0348 e. The van der Waals surface area contributed by atoms with Crippen LogP contribution in [0.3, 0.4) is 0 Å². The van der Waals surface area contributed by atoms with E-state index in [1.54, 1.807) is 0 Å². The van der Waals surface area contributed by atoms with Crippen LogP contribution in [0.15, 0.2) is 24.3 Å². The molecule has 1 heterocycles. The third-order valence-electron chi connectivity index (χ3n) is 3.26. The molecule has 2 aromatic rings. The summed E-state index contributed by atoms with van der Waals surface area (Å²) in [5, 5.41) is 4.82. The Hall–Kier alpha value is -0.900. The van der Waals surface area contributed by atoms with Gasteiger partial charge in [-0.2, -0.15) is 0 Å². The molecule has 2 nitrogen and oxygen atoms in total. The molecule has 19 heavy (non-hydrogen) atoms. The second-order valence-corrected chi connectivity index (χ2v) is 6.50. The number of hydrogen-bond donors (Lipinski definition) is 1. The van der Waals surface area contributed by atoms with Crippen molar-refractivity contribution in [1.29, 1.82) is 0 Å². The van der Waals surface area contributed by atoms with Gasteiger partial charge in [0, 0.05) is 29.2 Å². The summed E-state index contributed by atoms with van der Waals surface area (Å²) in [6.07, 6.45) is 1.21. The first-order chi connectivity index (χ1) is 9.19. The lowest BCUT2D eigenvalue weighted by Gasteiger charge is -2.17. The second kappa shape index (κ2) is 7.04. The SMILES string of the molecule is CCCNCCN(C)Cc1ccc2cc(C)sc2c1. The van der Waals surface area contributed by atoms with Crippen LogP contribution < -0.4 is 5.32 Å². The van der Waals surface area contributed by atoms with Crippen molar-refractivity contribution in [3.8, 4) is 0 Å². The molecule has 0 aliphatic rings. The number of aryl methyl sites for hydroxylation is 1. The van der Waals surface area contributed by atoms with Crippen molar-refractivity contribution in [2.75, 3.05) is 26.7 Å². The molecule has 0 unspecified atom stereocenters. The van der Waals surface area contributed by atoms with Crippen molar-refractivity contribution in [2.45, 2.75) is 26.8 Å². The predicted octanol–water partition coefficient (Wildman–Crippen LogP) is 3.64. The zero-order valence-electron chi connectivity index (χ0n) is 12.2. The summed E-state index contributed by atoms with van der Waals surface area (Å²) < 4.78 is 1.41. The number of nitrogens with zero attached hydrogens (tertiary/aromatic N) is 1. The standard InChI is InChI=1S/C16H24N2S/c1-4-7-17-8-9-18(3)12-14-5-6-15-10-13(2)19-16(15)11-14/h5-6,10-11,17H,4,7-9,12H2,1-3H3. The minimum atomic E-state index is 1.03. The fourth-order valence-electron chi connectivity index (χ4n) is 2.27. The van der Waals surface area contributed by atoms with E-state index < -0.39 is 0 Å². The van der Waals surface area contributed by atoms with Crippen molar-refractivity contribution >= 4 is 21.4 Å². The van der Waals surface area contributed by atoms with Gasteiger partial charge in [-0.3, -0.25) is 0 Å². The first-order valence-electron chi connectivity index (χ1n) is 7.07. The van der Waals surface area contributed by atoms with Gasteiger partial charge in [0.25, 0.3) is 0 Å². The third kappa shape index (κ3) is 4.30. The number of thiophene rings is 1. The highest BCUT2D eigenvalue weighted by molar-refractivity contribution is 7.19. The highest BCUT2D eigenvalue weighted by Gasteiger charge is 2.03. The zero-order valence-corrected chi connectivity index (χ0v) is 13.0. The quantitative estimate of drug-likeness (QED) is 0.777. The van der Waals surface area contributed by atoms with Crippen LogP contribution in [0.1, 0.15) is 23.8 Å². The van der Waals surface area contributed by atoms with Crippen molar-refractivity contribution < 1.29 is 0 Å². The van der Waals surface area contributed by atoms with Crippen LogP contribution in [-0.4, -0.2) is 31.6 Å². The van der Waals surface area contributed by atoms with E-state index in [1.165, 1.54) is 26.9 Å². The Kier molecular flexibility index (Phi) is 5.37. The number of hydrogen-bond acceptors (Lipinski definition) is 3. The number of likely N-dealkylation sites (N-methyl/N-ethyl adjacent to an activating group) is 1. The van der Waals surface area contributed by atoms with Gasteiger partial charge in [0.2, 0.25) is 0 Å². The maximum atomic E-state index is 3.45. The van der Waals surface area contributed by atoms with Gasteiger partial charge in [0.1, 0.15) is 0 Å². The first-order valence-corrected chi connectivity index (χ1v) is 7.89. The summed E-state index contributed by atoms with van der Waals surface area (Å²) in [5.41, 5.74) is 1.41. The zero-order chi connectivity index (χ0) is 13.7. The highest BCUT2D eigenvalue weighted by atomic mass is 32.1. The molecule has 104 valence electrons. The Morgan fingerprint density at radius 2 is 2.05 bits per heavy atom. The van der Waals surface area contributed by atoms with Gasteiger partial charge in [-0.15, -0.1) is 11.3 Å². The Bertz CT molecular complexity index is 518. The average Bonchev–Trinajstić information content (AvgIpc) is 2.74. The molecule has 1 N–H and O–H groups in total. The minimum Gasteiger partial charge on any atom is -0.315 e. The molecular formula is C16H24N2S. The second-order valence-electron chi connectivity index (χ2n) is 5.22. The predicted molar refractivity (Wildman–Crippen MR) is 86.1 cm³/mol.